The summed E-state index contributed by atoms with van der Waals surface area (Å²) >= 11 is 11.9. The van der Waals surface area contributed by atoms with E-state index in [0.717, 1.165) is 5.56 Å². The van der Waals surface area contributed by atoms with E-state index in [1.54, 1.807) is 18.2 Å². The molecule has 0 amide bonds. The number of ketones is 1. The van der Waals surface area contributed by atoms with Crippen molar-refractivity contribution >= 4 is 34.7 Å². The number of Topliss-reactive ketones (excluding diaryl/α,β-unsaturated/α-hetero) is 1. The summed E-state index contributed by atoms with van der Waals surface area (Å²) in [5.74, 6) is -0.00988. The van der Waals surface area contributed by atoms with E-state index in [1.807, 2.05) is 24.3 Å². The first-order chi connectivity index (χ1) is 9.08. The van der Waals surface area contributed by atoms with E-state index in [2.05, 4.69) is 0 Å². The number of aryl methyl sites for hydroxylation is 1. The second-order valence-corrected chi connectivity index (χ2v) is 5.05. The molecule has 2 rings (SSSR count). The van der Waals surface area contributed by atoms with Crippen LogP contribution < -0.4 is 5.73 Å². The first-order valence-corrected chi connectivity index (χ1v) is 6.65. The Kier molecular flexibility index (Phi) is 4.46. The van der Waals surface area contributed by atoms with Crippen LogP contribution in [0.25, 0.3) is 0 Å². The molecule has 0 aliphatic rings. The normalized spacial score (nSPS) is 10.4. The van der Waals surface area contributed by atoms with Gasteiger partial charge in [0.2, 0.25) is 0 Å². The van der Waals surface area contributed by atoms with Gasteiger partial charge in [-0.1, -0.05) is 41.4 Å². The second-order valence-electron chi connectivity index (χ2n) is 4.27. The zero-order valence-electron chi connectivity index (χ0n) is 10.2. The van der Waals surface area contributed by atoms with Gasteiger partial charge >= 0.3 is 0 Å². The number of carbonyl (C=O) groups is 1. The van der Waals surface area contributed by atoms with Crippen molar-refractivity contribution in [1.29, 1.82) is 0 Å². The summed E-state index contributed by atoms with van der Waals surface area (Å²) in [6, 6.07) is 12.6. The maximum atomic E-state index is 12.1. The third-order valence-corrected chi connectivity index (χ3v) is 3.69. The molecule has 0 saturated carbocycles. The smallest absolute Gasteiger partial charge is 0.164 e. The molecule has 2 aromatic carbocycles. The molecule has 2 N–H and O–H groups in total. The zero-order chi connectivity index (χ0) is 13.8. The molecule has 0 fully saturated rings. The maximum absolute atomic E-state index is 12.1. The van der Waals surface area contributed by atoms with Crippen LogP contribution in [0, 0.1) is 0 Å². The monoisotopic (exact) mass is 293 g/mol. The van der Waals surface area contributed by atoms with Crippen LogP contribution in [0.4, 0.5) is 5.69 Å². The Hall–Kier alpha value is -1.51. The van der Waals surface area contributed by atoms with Gasteiger partial charge in [0.05, 0.1) is 10.0 Å². The number of nitrogens with two attached hydrogens (primary N) is 1. The summed E-state index contributed by atoms with van der Waals surface area (Å²) in [4.78, 5) is 12.1. The highest BCUT2D eigenvalue weighted by Gasteiger charge is 2.12. The predicted octanol–water partition coefficient (Wildman–Crippen LogP) is 4.39. The van der Waals surface area contributed by atoms with Gasteiger partial charge in [-0.15, -0.1) is 0 Å². The Morgan fingerprint density at radius 3 is 2.42 bits per heavy atom. The van der Waals surface area contributed by atoms with E-state index in [0.29, 0.717) is 34.1 Å². The van der Waals surface area contributed by atoms with Crippen molar-refractivity contribution in [2.75, 3.05) is 5.73 Å². The highest BCUT2D eigenvalue weighted by atomic mass is 35.5. The van der Waals surface area contributed by atoms with E-state index < -0.39 is 0 Å². The van der Waals surface area contributed by atoms with Crippen molar-refractivity contribution in [2.24, 2.45) is 0 Å². The molecule has 2 nitrogen and oxygen atoms in total. The standard InChI is InChI=1S/C15H13Cl2NO/c16-13-3-1-2-12(15(13)17)14(19)9-6-10-4-7-11(18)8-5-10/h1-5,7-8H,6,9,18H2. The van der Waals surface area contributed by atoms with Crippen LogP contribution in [-0.4, -0.2) is 5.78 Å². The summed E-state index contributed by atoms with van der Waals surface area (Å²) < 4.78 is 0. The topological polar surface area (TPSA) is 43.1 Å². The van der Waals surface area contributed by atoms with Crippen LogP contribution in [0.5, 0.6) is 0 Å². The zero-order valence-corrected chi connectivity index (χ0v) is 11.7. The van der Waals surface area contributed by atoms with Crippen molar-refractivity contribution in [2.45, 2.75) is 12.8 Å². The average molecular weight is 294 g/mol. The van der Waals surface area contributed by atoms with Crippen LogP contribution in [0.15, 0.2) is 42.5 Å². The lowest BCUT2D eigenvalue weighted by molar-refractivity contribution is 0.0983. The van der Waals surface area contributed by atoms with Crippen LogP contribution in [0.2, 0.25) is 10.0 Å². The van der Waals surface area contributed by atoms with Crippen molar-refractivity contribution in [3.8, 4) is 0 Å². The highest BCUT2D eigenvalue weighted by Crippen LogP contribution is 2.26. The molecule has 0 heterocycles. The lowest BCUT2D eigenvalue weighted by Crippen LogP contribution is -2.02. The van der Waals surface area contributed by atoms with Crippen LogP contribution in [-0.2, 0) is 6.42 Å². The van der Waals surface area contributed by atoms with Gasteiger partial charge in [-0.25, -0.2) is 0 Å². The van der Waals surface area contributed by atoms with Crippen LogP contribution in [0.1, 0.15) is 22.3 Å². The molecule has 0 saturated heterocycles. The summed E-state index contributed by atoms with van der Waals surface area (Å²) in [7, 11) is 0. The summed E-state index contributed by atoms with van der Waals surface area (Å²) in [5.41, 5.74) is 7.87. The molecule has 0 aromatic heterocycles. The fraction of sp³-hybridized carbons (Fsp3) is 0.133. The Labute approximate surface area is 122 Å². The van der Waals surface area contributed by atoms with E-state index >= 15 is 0 Å². The Morgan fingerprint density at radius 1 is 1.05 bits per heavy atom. The van der Waals surface area contributed by atoms with E-state index in [4.69, 9.17) is 28.9 Å². The molecule has 19 heavy (non-hydrogen) atoms. The molecule has 0 aliphatic carbocycles. The van der Waals surface area contributed by atoms with E-state index in [1.165, 1.54) is 0 Å². The van der Waals surface area contributed by atoms with E-state index in [-0.39, 0.29) is 5.78 Å². The second kappa shape index (κ2) is 6.09. The fourth-order valence-electron chi connectivity index (χ4n) is 1.80. The minimum atomic E-state index is -0.00988. The van der Waals surface area contributed by atoms with Gasteiger partial charge in [0.25, 0.3) is 0 Å². The summed E-state index contributed by atoms with van der Waals surface area (Å²) in [5, 5.41) is 0.728. The van der Waals surface area contributed by atoms with Crippen molar-refractivity contribution < 1.29 is 4.79 Å². The molecule has 0 unspecified atom stereocenters. The van der Waals surface area contributed by atoms with Crippen molar-refractivity contribution in [3.63, 3.8) is 0 Å². The number of anilines is 1. The minimum Gasteiger partial charge on any atom is -0.399 e. The minimum absolute atomic E-state index is 0.00988. The third kappa shape index (κ3) is 3.49. The van der Waals surface area contributed by atoms with Gasteiger partial charge in [0.1, 0.15) is 0 Å². The lowest BCUT2D eigenvalue weighted by atomic mass is 10.0. The average Bonchev–Trinajstić information content (AvgIpc) is 2.41. The SMILES string of the molecule is Nc1ccc(CCC(=O)c2cccc(Cl)c2Cl)cc1. The number of rotatable bonds is 4. The lowest BCUT2D eigenvalue weighted by Gasteiger charge is -2.05. The molecule has 0 bridgehead atoms. The molecule has 0 atom stereocenters. The molecule has 0 spiro atoms. The quantitative estimate of drug-likeness (QED) is 0.671. The summed E-state index contributed by atoms with van der Waals surface area (Å²) in [6.07, 6.45) is 1.05. The Morgan fingerprint density at radius 2 is 1.74 bits per heavy atom. The van der Waals surface area contributed by atoms with Gasteiger partial charge in [0, 0.05) is 17.7 Å². The number of carbonyl (C=O) groups excluding carboxylic acids is 1. The van der Waals surface area contributed by atoms with Crippen LogP contribution >= 0.6 is 23.2 Å². The van der Waals surface area contributed by atoms with Crippen LogP contribution in [0.3, 0.4) is 0 Å². The highest BCUT2D eigenvalue weighted by molar-refractivity contribution is 6.43. The summed E-state index contributed by atoms with van der Waals surface area (Å²) in [6.45, 7) is 0. The third-order valence-electron chi connectivity index (χ3n) is 2.87. The number of halogens is 2. The Bertz CT molecular complexity index is 594. The van der Waals surface area contributed by atoms with Crippen molar-refractivity contribution in [1.82, 2.24) is 0 Å². The molecule has 0 radical (unpaired) electrons. The molecular weight excluding hydrogens is 281 g/mol. The molecule has 98 valence electrons. The van der Waals surface area contributed by atoms with Crippen molar-refractivity contribution in [3.05, 3.63) is 63.6 Å². The van der Waals surface area contributed by atoms with Gasteiger partial charge in [-0.2, -0.15) is 0 Å². The van der Waals surface area contributed by atoms with Gasteiger partial charge < -0.3 is 5.73 Å². The number of benzene rings is 2. The predicted molar refractivity (Wildman–Crippen MR) is 80.0 cm³/mol. The molecule has 4 heteroatoms. The van der Waals surface area contributed by atoms with Gasteiger partial charge in [-0.3, -0.25) is 4.79 Å². The number of hydrogen-bond acceptors (Lipinski definition) is 2. The van der Waals surface area contributed by atoms with E-state index in [9.17, 15) is 4.79 Å². The number of nitrogen functional groups attached to an aromatic ring is 1. The fourth-order valence-corrected chi connectivity index (χ4v) is 2.20. The molecular formula is C15H13Cl2NO. The molecule has 0 aliphatic heterocycles. The van der Waals surface area contributed by atoms with Gasteiger partial charge in [0.15, 0.2) is 5.78 Å². The largest absolute Gasteiger partial charge is 0.399 e. The first-order valence-electron chi connectivity index (χ1n) is 5.89. The Balaban J connectivity index is 2.05. The van der Waals surface area contributed by atoms with Gasteiger partial charge in [-0.05, 0) is 36.2 Å². The first kappa shape index (κ1) is 13.9. The molecule has 2 aromatic rings. The number of hydrogen-bond donors (Lipinski definition) is 1. The maximum Gasteiger partial charge on any atom is 0.164 e.